The number of amides is 1. The molecule has 2 unspecified atom stereocenters. The third kappa shape index (κ3) is 3.16. The number of rotatable bonds is 3. The van der Waals surface area contributed by atoms with Crippen LogP contribution in [0.25, 0.3) is 0 Å². The molecule has 2 saturated heterocycles. The van der Waals surface area contributed by atoms with Gasteiger partial charge in [0.05, 0.1) is 10.7 Å². The first-order valence-corrected chi connectivity index (χ1v) is 7.96. The molecule has 0 radical (unpaired) electrons. The highest BCUT2D eigenvalue weighted by Crippen LogP contribution is 2.36. The van der Waals surface area contributed by atoms with E-state index in [0.29, 0.717) is 16.8 Å². The van der Waals surface area contributed by atoms with Crippen LogP contribution in [-0.2, 0) is 4.79 Å². The minimum atomic E-state index is -0.107. The second-order valence-corrected chi connectivity index (χ2v) is 6.65. The van der Waals surface area contributed by atoms with Crippen LogP contribution in [0.4, 0.5) is 11.4 Å². The number of benzene rings is 1. The number of halogens is 1. The van der Waals surface area contributed by atoms with E-state index in [9.17, 15) is 4.79 Å². The molecule has 2 fully saturated rings. The number of carbonyl (C=O) groups excluding carboxylic acids is 1. The van der Waals surface area contributed by atoms with E-state index in [4.69, 9.17) is 11.6 Å². The number of anilines is 2. The van der Waals surface area contributed by atoms with Crippen molar-refractivity contribution in [3.63, 3.8) is 0 Å². The molecule has 21 heavy (non-hydrogen) atoms. The SMILES string of the molecule is CC(=O)Nc1ccc(NC2CC3CCC(C2)N3C)cc1Cl. The van der Waals surface area contributed by atoms with E-state index in [1.54, 1.807) is 0 Å². The van der Waals surface area contributed by atoms with Crippen molar-refractivity contribution in [2.45, 2.75) is 50.7 Å². The molecule has 0 spiro atoms. The highest BCUT2D eigenvalue weighted by atomic mass is 35.5. The van der Waals surface area contributed by atoms with E-state index in [1.807, 2.05) is 18.2 Å². The molecule has 114 valence electrons. The van der Waals surface area contributed by atoms with Gasteiger partial charge in [0, 0.05) is 30.7 Å². The Bertz CT molecular complexity index is 534. The maximum Gasteiger partial charge on any atom is 0.221 e. The number of piperidine rings is 1. The van der Waals surface area contributed by atoms with Gasteiger partial charge in [-0.3, -0.25) is 4.79 Å². The van der Waals surface area contributed by atoms with Crippen molar-refractivity contribution in [3.05, 3.63) is 23.2 Å². The van der Waals surface area contributed by atoms with Gasteiger partial charge in [-0.05, 0) is 50.9 Å². The van der Waals surface area contributed by atoms with Crippen LogP contribution >= 0.6 is 11.6 Å². The van der Waals surface area contributed by atoms with Crippen molar-refractivity contribution in [3.8, 4) is 0 Å². The highest BCUT2D eigenvalue weighted by Gasteiger charge is 2.38. The Morgan fingerprint density at radius 3 is 2.52 bits per heavy atom. The van der Waals surface area contributed by atoms with Crippen LogP contribution in [-0.4, -0.2) is 36.0 Å². The topological polar surface area (TPSA) is 44.4 Å². The Morgan fingerprint density at radius 1 is 1.29 bits per heavy atom. The van der Waals surface area contributed by atoms with E-state index in [1.165, 1.54) is 32.6 Å². The number of hydrogen-bond donors (Lipinski definition) is 2. The van der Waals surface area contributed by atoms with Crippen LogP contribution in [0.2, 0.25) is 5.02 Å². The summed E-state index contributed by atoms with van der Waals surface area (Å²) in [7, 11) is 2.25. The van der Waals surface area contributed by atoms with Crippen LogP contribution in [0, 0.1) is 0 Å². The summed E-state index contributed by atoms with van der Waals surface area (Å²) < 4.78 is 0. The lowest BCUT2D eigenvalue weighted by Gasteiger charge is -2.37. The normalized spacial score (nSPS) is 28.4. The molecular formula is C16H22ClN3O. The predicted molar refractivity (Wildman–Crippen MR) is 87.0 cm³/mol. The molecule has 0 aromatic heterocycles. The lowest BCUT2D eigenvalue weighted by molar-refractivity contribution is -0.114. The minimum Gasteiger partial charge on any atom is -0.382 e. The Hall–Kier alpha value is -1.26. The number of fused-ring (bicyclic) bond motifs is 2. The smallest absolute Gasteiger partial charge is 0.221 e. The summed E-state index contributed by atoms with van der Waals surface area (Å²) in [5.74, 6) is -0.107. The molecule has 3 rings (SSSR count). The van der Waals surface area contributed by atoms with Gasteiger partial charge in [-0.2, -0.15) is 0 Å². The zero-order valence-corrected chi connectivity index (χ0v) is 13.3. The molecule has 2 atom stereocenters. The fraction of sp³-hybridized carbons (Fsp3) is 0.562. The molecule has 4 nitrogen and oxygen atoms in total. The minimum absolute atomic E-state index is 0.107. The summed E-state index contributed by atoms with van der Waals surface area (Å²) in [5, 5.41) is 6.90. The molecule has 2 N–H and O–H groups in total. The molecular weight excluding hydrogens is 286 g/mol. The van der Waals surface area contributed by atoms with Gasteiger partial charge in [0.25, 0.3) is 0 Å². The van der Waals surface area contributed by atoms with Crippen molar-refractivity contribution in [2.75, 3.05) is 17.7 Å². The predicted octanol–water partition coefficient (Wildman–Crippen LogP) is 3.34. The summed E-state index contributed by atoms with van der Waals surface area (Å²) in [4.78, 5) is 13.6. The van der Waals surface area contributed by atoms with Gasteiger partial charge in [0.15, 0.2) is 0 Å². The summed E-state index contributed by atoms with van der Waals surface area (Å²) in [5.41, 5.74) is 1.70. The molecule has 2 aliphatic heterocycles. The fourth-order valence-corrected chi connectivity index (χ4v) is 3.89. The van der Waals surface area contributed by atoms with Gasteiger partial charge in [0.1, 0.15) is 0 Å². The maximum atomic E-state index is 11.1. The van der Waals surface area contributed by atoms with Crippen molar-refractivity contribution in [1.29, 1.82) is 0 Å². The molecule has 0 saturated carbocycles. The van der Waals surface area contributed by atoms with E-state index in [-0.39, 0.29) is 5.91 Å². The lowest BCUT2D eigenvalue weighted by Crippen LogP contribution is -2.44. The molecule has 2 bridgehead atoms. The van der Waals surface area contributed by atoms with Crippen LogP contribution in [0.15, 0.2) is 18.2 Å². The molecule has 5 heteroatoms. The fourth-order valence-electron chi connectivity index (χ4n) is 3.66. The van der Waals surface area contributed by atoms with Crippen LogP contribution in [0.3, 0.4) is 0 Å². The van der Waals surface area contributed by atoms with Gasteiger partial charge in [0.2, 0.25) is 5.91 Å². The van der Waals surface area contributed by atoms with E-state index >= 15 is 0 Å². The number of nitrogens with zero attached hydrogens (tertiary/aromatic N) is 1. The Morgan fingerprint density at radius 2 is 1.95 bits per heavy atom. The summed E-state index contributed by atoms with van der Waals surface area (Å²) in [6, 6.07) is 7.69. The molecule has 1 aromatic rings. The van der Waals surface area contributed by atoms with Gasteiger partial charge >= 0.3 is 0 Å². The van der Waals surface area contributed by atoms with Crippen LogP contribution in [0.5, 0.6) is 0 Å². The molecule has 0 aliphatic carbocycles. The van der Waals surface area contributed by atoms with Gasteiger partial charge in [-0.15, -0.1) is 0 Å². The lowest BCUT2D eigenvalue weighted by atomic mass is 9.98. The number of hydrogen-bond acceptors (Lipinski definition) is 3. The standard InChI is InChI=1S/C16H22ClN3O/c1-10(21)18-16-6-3-11(9-15(16)17)19-12-7-13-4-5-14(8-12)20(13)2/h3,6,9,12-14,19H,4-5,7-8H2,1-2H3,(H,18,21). The monoisotopic (exact) mass is 307 g/mol. The Kier molecular flexibility index (Phi) is 4.09. The summed E-state index contributed by atoms with van der Waals surface area (Å²) in [6.45, 7) is 1.48. The largest absolute Gasteiger partial charge is 0.382 e. The van der Waals surface area contributed by atoms with Crippen LogP contribution in [0.1, 0.15) is 32.6 Å². The number of nitrogens with one attached hydrogen (secondary N) is 2. The van der Waals surface area contributed by atoms with Crippen molar-refractivity contribution < 1.29 is 4.79 Å². The second-order valence-electron chi connectivity index (χ2n) is 6.24. The van der Waals surface area contributed by atoms with E-state index in [2.05, 4.69) is 22.6 Å². The van der Waals surface area contributed by atoms with Gasteiger partial charge in [-0.1, -0.05) is 11.6 Å². The zero-order chi connectivity index (χ0) is 15.0. The van der Waals surface area contributed by atoms with Gasteiger partial charge < -0.3 is 15.5 Å². The van der Waals surface area contributed by atoms with E-state index < -0.39 is 0 Å². The zero-order valence-electron chi connectivity index (χ0n) is 12.5. The molecule has 1 amide bonds. The average Bonchev–Trinajstić information content (AvgIpc) is 2.64. The third-order valence-electron chi connectivity index (χ3n) is 4.75. The third-order valence-corrected chi connectivity index (χ3v) is 5.06. The van der Waals surface area contributed by atoms with E-state index in [0.717, 1.165) is 17.8 Å². The van der Waals surface area contributed by atoms with Crippen molar-refractivity contribution in [1.82, 2.24) is 4.90 Å². The Balaban J connectivity index is 1.66. The molecule has 2 heterocycles. The summed E-state index contributed by atoms with van der Waals surface area (Å²) >= 11 is 6.22. The van der Waals surface area contributed by atoms with Crippen LogP contribution < -0.4 is 10.6 Å². The first kappa shape index (κ1) is 14.7. The second kappa shape index (κ2) is 5.85. The highest BCUT2D eigenvalue weighted by molar-refractivity contribution is 6.34. The quantitative estimate of drug-likeness (QED) is 0.900. The summed E-state index contributed by atoms with van der Waals surface area (Å²) in [6.07, 6.45) is 5.03. The van der Waals surface area contributed by atoms with Crippen molar-refractivity contribution in [2.24, 2.45) is 0 Å². The molecule has 1 aromatic carbocycles. The number of carbonyl (C=O) groups is 1. The maximum absolute atomic E-state index is 11.1. The average molecular weight is 308 g/mol. The Labute approximate surface area is 130 Å². The van der Waals surface area contributed by atoms with Crippen molar-refractivity contribution >= 4 is 28.9 Å². The van der Waals surface area contributed by atoms with Gasteiger partial charge in [-0.25, -0.2) is 0 Å². The first-order valence-electron chi connectivity index (χ1n) is 7.58. The molecule has 2 aliphatic rings. The first-order chi connectivity index (χ1) is 10.0.